The summed E-state index contributed by atoms with van der Waals surface area (Å²) in [6, 6.07) is 7.97. The number of rotatable bonds is 2. The molecule has 3 aliphatic rings. The van der Waals surface area contributed by atoms with Crippen molar-refractivity contribution in [2.45, 2.75) is 23.5 Å². The van der Waals surface area contributed by atoms with Crippen LogP contribution in [0.15, 0.2) is 24.3 Å². The van der Waals surface area contributed by atoms with Gasteiger partial charge < -0.3 is 10.6 Å². The number of fused-ring (bicyclic) bond motifs is 2. The predicted octanol–water partition coefficient (Wildman–Crippen LogP) is 0.521. The third-order valence-corrected chi connectivity index (χ3v) is 6.40. The first-order valence-corrected chi connectivity index (χ1v) is 7.49. The molecule has 2 N–H and O–H groups in total. The maximum atomic E-state index is 11.7. The molecule has 0 spiro atoms. The average Bonchev–Trinajstić information content (AvgIpc) is 2.38. The lowest BCUT2D eigenvalue weighted by Gasteiger charge is -2.47. The van der Waals surface area contributed by atoms with Crippen molar-refractivity contribution in [2.24, 2.45) is 5.73 Å². The minimum atomic E-state index is -2.80. The number of para-hydroxylation sites is 1. The third-order valence-electron chi connectivity index (χ3n) is 3.86. The molecular weight excluding hydrogens is 236 g/mol. The molecular formula is C12H16N2O2S. The number of hydrogen-bond donors (Lipinski definition) is 1. The van der Waals surface area contributed by atoms with Gasteiger partial charge in [-0.1, -0.05) is 18.2 Å². The van der Waals surface area contributed by atoms with Gasteiger partial charge in [0, 0.05) is 25.3 Å². The Balaban J connectivity index is 1.88. The molecule has 4 nitrogen and oxygen atoms in total. The first-order chi connectivity index (χ1) is 8.13. The van der Waals surface area contributed by atoms with E-state index in [4.69, 9.17) is 5.73 Å². The topological polar surface area (TPSA) is 63.4 Å². The molecule has 3 aliphatic heterocycles. The van der Waals surface area contributed by atoms with E-state index < -0.39 is 9.84 Å². The van der Waals surface area contributed by atoms with Crippen molar-refractivity contribution >= 4 is 15.5 Å². The van der Waals surface area contributed by atoms with Crippen molar-refractivity contribution in [3.8, 4) is 0 Å². The number of piperidine rings is 1. The summed E-state index contributed by atoms with van der Waals surface area (Å²) in [5, 5.41) is -0.320. The summed E-state index contributed by atoms with van der Waals surface area (Å²) in [5.41, 5.74) is 7.90. The van der Waals surface area contributed by atoms with Gasteiger partial charge in [-0.15, -0.1) is 0 Å². The van der Waals surface area contributed by atoms with E-state index in [2.05, 4.69) is 4.90 Å². The fraction of sp³-hybridized carbons (Fsp3) is 0.500. The molecule has 0 radical (unpaired) electrons. The van der Waals surface area contributed by atoms with E-state index in [0.29, 0.717) is 19.6 Å². The smallest absolute Gasteiger partial charge is 0.159 e. The Morgan fingerprint density at radius 3 is 2.47 bits per heavy atom. The van der Waals surface area contributed by atoms with E-state index in [0.717, 1.165) is 17.7 Å². The van der Waals surface area contributed by atoms with E-state index in [1.165, 1.54) is 0 Å². The molecule has 17 heavy (non-hydrogen) atoms. The van der Waals surface area contributed by atoms with Gasteiger partial charge >= 0.3 is 0 Å². The largest absolute Gasteiger partial charge is 0.369 e. The highest BCUT2D eigenvalue weighted by molar-refractivity contribution is 7.94. The Kier molecular flexibility index (Phi) is 2.41. The summed E-state index contributed by atoms with van der Waals surface area (Å²) in [7, 11) is -2.80. The molecule has 4 rings (SSSR count). The molecule has 0 aliphatic carbocycles. The summed E-state index contributed by atoms with van der Waals surface area (Å²) < 4.78 is 23.4. The lowest BCUT2D eigenvalue weighted by molar-refractivity contribution is 0.460. The zero-order valence-corrected chi connectivity index (χ0v) is 10.4. The van der Waals surface area contributed by atoms with Crippen molar-refractivity contribution in [2.75, 3.05) is 18.0 Å². The molecule has 2 atom stereocenters. The molecule has 1 aromatic rings. The van der Waals surface area contributed by atoms with Crippen LogP contribution in [0.4, 0.5) is 5.69 Å². The van der Waals surface area contributed by atoms with Crippen molar-refractivity contribution in [1.82, 2.24) is 0 Å². The lowest BCUT2D eigenvalue weighted by atomic mass is 10.1. The Morgan fingerprint density at radius 2 is 1.88 bits per heavy atom. The predicted molar refractivity (Wildman–Crippen MR) is 67.7 cm³/mol. The van der Waals surface area contributed by atoms with Gasteiger partial charge in [0.15, 0.2) is 9.84 Å². The van der Waals surface area contributed by atoms with Gasteiger partial charge in [0.1, 0.15) is 0 Å². The Bertz CT molecular complexity index is 523. The average molecular weight is 252 g/mol. The van der Waals surface area contributed by atoms with Crippen LogP contribution in [0.2, 0.25) is 0 Å². The van der Waals surface area contributed by atoms with Crippen LogP contribution in [0, 0.1) is 0 Å². The van der Waals surface area contributed by atoms with Crippen LogP contribution < -0.4 is 10.6 Å². The number of nitrogens with zero attached hydrogens (tertiary/aromatic N) is 1. The molecule has 2 unspecified atom stereocenters. The molecule has 2 bridgehead atoms. The Labute approximate surface area is 101 Å². The van der Waals surface area contributed by atoms with Crippen LogP contribution in [-0.2, 0) is 16.4 Å². The number of nitrogens with two attached hydrogens (primary N) is 1. The van der Waals surface area contributed by atoms with E-state index in [1.54, 1.807) is 0 Å². The number of benzene rings is 1. The van der Waals surface area contributed by atoms with Gasteiger partial charge in [-0.3, -0.25) is 0 Å². The first kappa shape index (κ1) is 11.0. The second kappa shape index (κ2) is 3.71. The Hall–Kier alpha value is -1.07. The van der Waals surface area contributed by atoms with E-state index >= 15 is 0 Å². The fourth-order valence-electron chi connectivity index (χ4n) is 2.82. The molecule has 3 heterocycles. The molecule has 1 aromatic carbocycles. The summed E-state index contributed by atoms with van der Waals surface area (Å²) in [5.74, 6) is 0. The zero-order valence-electron chi connectivity index (χ0n) is 9.54. The van der Waals surface area contributed by atoms with Crippen molar-refractivity contribution in [1.29, 1.82) is 0 Å². The highest BCUT2D eigenvalue weighted by atomic mass is 32.2. The van der Waals surface area contributed by atoms with Crippen molar-refractivity contribution in [3.05, 3.63) is 29.8 Å². The van der Waals surface area contributed by atoms with Crippen LogP contribution >= 0.6 is 0 Å². The van der Waals surface area contributed by atoms with Crippen molar-refractivity contribution in [3.63, 3.8) is 0 Å². The van der Waals surface area contributed by atoms with Crippen LogP contribution in [0.5, 0.6) is 0 Å². The number of hydrogen-bond acceptors (Lipinski definition) is 4. The van der Waals surface area contributed by atoms with Gasteiger partial charge in [0.25, 0.3) is 0 Å². The SMILES string of the molecule is NCc1ccccc1N1CC2CC(C1)S2(=O)=O. The third kappa shape index (κ3) is 1.57. The number of anilines is 1. The van der Waals surface area contributed by atoms with Gasteiger partial charge in [0.2, 0.25) is 0 Å². The highest BCUT2D eigenvalue weighted by Crippen LogP contribution is 2.38. The molecule has 5 heteroatoms. The molecule has 3 saturated heterocycles. The van der Waals surface area contributed by atoms with Crippen LogP contribution in [0.3, 0.4) is 0 Å². The van der Waals surface area contributed by atoms with Crippen molar-refractivity contribution < 1.29 is 8.42 Å². The second-order valence-corrected chi connectivity index (χ2v) is 7.32. The zero-order chi connectivity index (χ0) is 12.0. The number of sulfone groups is 1. The Morgan fingerprint density at radius 1 is 1.24 bits per heavy atom. The van der Waals surface area contributed by atoms with Gasteiger partial charge in [-0.25, -0.2) is 8.42 Å². The van der Waals surface area contributed by atoms with E-state index in [9.17, 15) is 8.42 Å². The van der Waals surface area contributed by atoms with Crippen LogP contribution in [0.25, 0.3) is 0 Å². The second-order valence-electron chi connectivity index (χ2n) is 4.81. The van der Waals surface area contributed by atoms with Crippen LogP contribution in [0.1, 0.15) is 12.0 Å². The summed E-state index contributed by atoms with van der Waals surface area (Å²) in [6.07, 6.45) is 0.837. The molecule has 92 valence electrons. The van der Waals surface area contributed by atoms with Gasteiger partial charge in [-0.05, 0) is 18.1 Å². The fourth-order valence-corrected chi connectivity index (χ4v) is 4.79. The van der Waals surface area contributed by atoms with Gasteiger partial charge in [0.05, 0.1) is 10.5 Å². The highest BCUT2D eigenvalue weighted by Gasteiger charge is 2.51. The standard InChI is InChI=1S/C12H16N2O2S/c13-6-9-3-1-2-4-12(9)14-7-10-5-11(8-14)17(10,15)16/h1-4,10-11H,5-8,13H2. The monoisotopic (exact) mass is 252 g/mol. The van der Waals surface area contributed by atoms with E-state index in [-0.39, 0.29) is 10.5 Å². The van der Waals surface area contributed by atoms with Gasteiger partial charge in [-0.2, -0.15) is 0 Å². The quantitative estimate of drug-likeness (QED) is 0.833. The molecule has 3 fully saturated rings. The lowest BCUT2D eigenvalue weighted by Crippen LogP contribution is -2.62. The molecule has 0 aromatic heterocycles. The minimum absolute atomic E-state index is 0.160. The first-order valence-electron chi connectivity index (χ1n) is 5.88. The molecule has 0 saturated carbocycles. The maximum absolute atomic E-state index is 11.7. The van der Waals surface area contributed by atoms with Crippen LogP contribution in [-0.4, -0.2) is 32.0 Å². The maximum Gasteiger partial charge on any atom is 0.159 e. The summed E-state index contributed by atoms with van der Waals surface area (Å²) in [4.78, 5) is 2.17. The van der Waals surface area contributed by atoms with E-state index in [1.807, 2.05) is 24.3 Å². The normalized spacial score (nSPS) is 29.8. The summed E-state index contributed by atoms with van der Waals surface area (Å²) in [6.45, 7) is 1.74. The summed E-state index contributed by atoms with van der Waals surface area (Å²) >= 11 is 0. The minimum Gasteiger partial charge on any atom is -0.369 e. The molecule has 0 amide bonds.